The highest BCUT2D eigenvalue weighted by molar-refractivity contribution is 5.76. The molecular formula is C10H20N2O2. The standard InChI is InChI=1S/C10H20N2O2/c1-3-6-12(8-4-5-8)9(7-11)10(13)14-2/h8-9H,3-7,11H2,1-2H3. The van der Waals surface area contributed by atoms with Crippen molar-refractivity contribution < 1.29 is 9.53 Å². The van der Waals surface area contributed by atoms with Crippen LogP contribution in [0, 0.1) is 0 Å². The van der Waals surface area contributed by atoms with E-state index >= 15 is 0 Å². The summed E-state index contributed by atoms with van der Waals surface area (Å²) in [4.78, 5) is 13.6. The molecule has 1 atom stereocenters. The summed E-state index contributed by atoms with van der Waals surface area (Å²) in [5.41, 5.74) is 5.60. The lowest BCUT2D eigenvalue weighted by Gasteiger charge is -2.28. The summed E-state index contributed by atoms with van der Waals surface area (Å²) in [6.45, 7) is 3.39. The molecule has 14 heavy (non-hydrogen) atoms. The number of rotatable bonds is 6. The number of hydrogen-bond donors (Lipinski definition) is 1. The van der Waals surface area contributed by atoms with Gasteiger partial charge < -0.3 is 10.5 Å². The third-order valence-corrected chi connectivity index (χ3v) is 2.59. The van der Waals surface area contributed by atoms with Gasteiger partial charge in [-0.3, -0.25) is 9.69 Å². The lowest BCUT2D eigenvalue weighted by Crippen LogP contribution is -2.48. The minimum Gasteiger partial charge on any atom is -0.468 e. The Morgan fingerprint density at radius 3 is 2.64 bits per heavy atom. The SMILES string of the molecule is CCCN(C1CC1)C(CN)C(=O)OC. The highest BCUT2D eigenvalue weighted by Gasteiger charge is 2.36. The van der Waals surface area contributed by atoms with Crippen molar-refractivity contribution in [1.82, 2.24) is 4.90 Å². The van der Waals surface area contributed by atoms with Crippen LogP contribution in [0.2, 0.25) is 0 Å². The third kappa shape index (κ3) is 2.69. The van der Waals surface area contributed by atoms with Gasteiger partial charge in [0.25, 0.3) is 0 Å². The number of nitrogens with two attached hydrogens (primary N) is 1. The van der Waals surface area contributed by atoms with Gasteiger partial charge in [-0.05, 0) is 25.8 Å². The molecule has 0 spiro atoms. The summed E-state index contributed by atoms with van der Waals surface area (Å²) in [5.74, 6) is -0.201. The third-order valence-electron chi connectivity index (χ3n) is 2.59. The minimum atomic E-state index is -0.243. The highest BCUT2D eigenvalue weighted by atomic mass is 16.5. The average molecular weight is 200 g/mol. The Balaban J connectivity index is 2.57. The van der Waals surface area contributed by atoms with E-state index in [0.717, 1.165) is 13.0 Å². The molecule has 1 fully saturated rings. The second-order valence-electron chi connectivity index (χ2n) is 3.74. The Labute approximate surface area is 85.4 Å². The average Bonchev–Trinajstić information content (AvgIpc) is 3.00. The molecule has 1 unspecified atom stereocenters. The van der Waals surface area contributed by atoms with Crippen LogP contribution in [0.3, 0.4) is 0 Å². The van der Waals surface area contributed by atoms with E-state index in [1.807, 2.05) is 0 Å². The number of ether oxygens (including phenoxy) is 1. The Morgan fingerprint density at radius 1 is 1.64 bits per heavy atom. The molecule has 0 radical (unpaired) electrons. The number of hydrogen-bond acceptors (Lipinski definition) is 4. The maximum absolute atomic E-state index is 11.4. The second-order valence-corrected chi connectivity index (χ2v) is 3.74. The lowest BCUT2D eigenvalue weighted by atomic mass is 10.2. The van der Waals surface area contributed by atoms with Crippen LogP contribution in [0.1, 0.15) is 26.2 Å². The van der Waals surface area contributed by atoms with Crippen molar-refractivity contribution in [3.05, 3.63) is 0 Å². The van der Waals surface area contributed by atoms with Gasteiger partial charge in [-0.15, -0.1) is 0 Å². The largest absolute Gasteiger partial charge is 0.468 e. The fraction of sp³-hybridized carbons (Fsp3) is 0.900. The van der Waals surface area contributed by atoms with Gasteiger partial charge in [0, 0.05) is 12.6 Å². The van der Waals surface area contributed by atoms with E-state index in [1.54, 1.807) is 0 Å². The molecule has 1 rings (SSSR count). The molecule has 0 amide bonds. The number of methoxy groups -OCH3 is 1. The topological polar surface area (TPSA) is 55.6 Å². The maximum Gasteiger partial charge on any atom is 0.324 e. The summed E-state index contributed by atoms with van der Waals surface area (Å²) in [5, 5.41) is 0. The van der Waals surface area contributed by atoms with Crippen LogP contribution in [-0.4, -0.2) is 43.2 Å². The quantitative estimate of drug-likeness (QED) is 0.629. The van der Waals surface area contributed by atoms with Gasteiger partial charge in [0.05, 0.1) is 7.11 Å². The molecule has 4 nitrogen and oxygen atoms in total. The minimum absolute atomic E-state index is 0.201. The van der Waals surface area contributed by atoms with Crippen LogP contribution >= 0.6 is 0 Å². The maximum atomic E-state index is 11.4. The van der Waals surface area contributed by atoms with Crippen molar-refractivity contribution in [3.8, 4) is 0 Å². The van der Waals surface area contributed by atoms with Gasteiger partial charge in [-0.2, -0.15) is 0 Å². The zero-order valence-electron chi connectivity index (χ0n) is 9.03. The first kappa shape index (κ1) is 11.5. The predicted molar refractivity (Wildman–Crippen MR) is 54.9 cm³/mol. The number of carbonyl (C=O) groups excluding carboxylic acids is 1. The summed E-state index contributed by atoms with van der Waals surface area (Å²) in [7, 11) is 1.42. The number of esters is 1. The van der Waals surface area contributed by atoms with E-state index in [-0.39, 0.29) is 12.0 Å². The second kappa shape index (κ2) is 5.32. The zero-order valence-corrected chi connectivity index (χ0v) is 9.03. The van der Waals surface area contributed by atoms with E-state index in [1.165, 1.54) is 20.0 Å². The van der Waals surface area contributed by atoms with Crippen molar-refractivity contribution >= 4 is 5.97 Å². The molecule has 1 saturated carbocycles. The molecule has 0 aromatic carbocycles. The molecular weight excluding hydrogens is 180 g/mol. The fourth-order valence-corrected chi connectivity index (χ4v) is 1.76. The van der Waals surface area contributed by atoms with Gasteiger partial charge in [-0.25, -0.2) is 0 Å². The highest BCUT2D eigenvalue weighted by Crippen LogP contribution is 2.28. The first-order chi connectivity index (χ1) is 6.74. The molecule has 2 N–H and O–H groups in total. The van der Waals surface area contributed by atoms with Crippen LogP contribution in [0.15, 0.2) is 0 Å². The first-order valence-corrected chi connectivity index (χ1v) is 5.28. The van der Waals surface area contributed by atoms with Gasteiger partial charge in [0.1, 0.15) is 6.04 Å². The Kier molecular flexibility index (Phi) is 4.35. The monoisotopic (exact) mass is 200 g/mol. The Bertz CT molecular complexity index is 193. The Hall–Kier alpha value is -0.610. The van der Waals surface area contributed by atoms with E-state index in [9.17, 15) is 4.79 Å². The van der Waals surface area contributed by atoms with Gasteiger partial charge in [-0.1, -0.05) is 6.92 Å². The van der Waals surface area contributed by atoms with Gasteiger partial charge in [0.15, 0.2) is 0 Å². The van der Waals surface area contributed by atoms with Crippen LogP contribution < -0.4 is 5.73 Å². The van der Waals surface area contributed by atoms with E-state index in [4.69, 9.17) is 10.5 Å². The van der Waals surface area contributed by atoms with Crippen molar-refractivity contribution in [2.75, 3.05) is 20.2 Å². The van der Waals surface area contributed by atoms with Crippen molar-refractivity contribution in [2.45, 2.75) is 38.3 Å². The first-order valence-electron chi connectivity index (χ1n) is 5.28. The number of nitrogens with zero attached hydrogens (tertiary/aromatic N) is 1. The van der Waals surface area contributed by atoms with Crippen LogP contribution in [0.25, 0.3) is 0 Å². The molecule has 0 aromatic heterocycles. The van der Waals surface area contributed by atoms with E-state index < -0.39 is 0 Å². The predicted octanol–water partition coefficient (Wildman–Crippen LogP) is 0.361. The van der Waals surface area contributed by atoms with E-state index in [2.05, 4.69) is 11.8 Å². The summed E-state index contributed by atoms with van der Waals surface area (Å²) in [6.07, 6.45) is 3.42. The molecule has 82 valence electrons. The summed E-state index contributed by atoms with van der Waals surface area (Å²) < 4.78 is 4.75. The van der Waals surface area contributed by atoms with Gasteiger partial charge >= 0.3 is 5.97 Å². The molecule has 0 saturated heterocycles. The summed E-state index contributed by atoms with van der Waals surface area (Å²) in [6, 6.07) is 0.315. The molecule has 4 heteroatoms. The van der Waals surface area contributed by atoms with E-state index in [0.29, 0.717) is 12.6 Å². The molecule has 0 aromatic rings. The molecule has 0 aliphatic heterocycles. The van der Waals surface area contributed by atoms with Crippen LogP contribution in [0.5, 0.6) is 0 Å². The van der Waals surface area contributed by atoms with Gasteiger partial charge in [0.2, 0.25) is 0 Å². The molecule has 0 heterocycles. The van der Waals surface area contributed by atoms with Crippen molar-refractivity contribution in [1.29, 1.82) is 0 Å². The smallest absolute Gasteiger partial charge is 0.324 e. The van der Waals surface area contributed by atoms with Crippen LogP contribution in [0.4, 0.5) is 0 Å². The van der Waals surface area contributed by atoms with Crippen LogP contribution in [-0.2, 0) is 9.53 Å². The molecule has 1 aliphatic carbocycles. The number of carbonyl (C=O) groups is 1. The van der Waals surface area contributed by atoms with Crippen molar-refractivity contribution in [3.63, 3.8) is 0 Å². The molecule has 1 aliphatic rings. The lowest BCUT2D eigenvalue weighted by molar-refractivity contribution is -0.146. The fourth-order valence-electron chi connectivity index (χ4n) is 1.76. The normalized spacial score (nSPS) is 18.3. The molecule has 0 bridgehead atoms. The summed E-state index contributed by atoms with van der Waals surface area (Å²) >= 11 is 0. The zero-order chi connectivity index (χ0) is 10.6. The Morgan fingerprint density at radius 2 is 2.29 bits per heavy atom. The van der Waals surface area contributed by atoms with Crippen molar-refractivity contribution in [2.24, 2.45) is 5.73 Å².